The summed E-state index contributed by atoms with van der Waals surface area (Å²) in [5, 5.41) is 0. The van der Waals surface area contributed by atoms with E-state index in [1.54, 1.807) is 12.4 Å². The second-order valence-electron chi connectivity index (χ2n) is 5.52. The SMILES string of the molecule is NNC(CC1CC2CCC1C2)c1cnccn1. The van der Waals surface area contributed by atoms with E-state index in [1.165, 1.54) is 25.7 Å². The molecule has 0 spiro atoms. The van der Waals surface area contributed by atoms with E-state index in [0.29, 0.717) is 0 Å². The minimum absolute atomic E-state index is 0.160. The Labute approximate surface area is 102 Å². The Kier molecular flexibility index (Phi) is 3.07. The predicted octanol–water partition coefficient (Wildman–Crippen LogP) is 1.81. The van der Waals surface area contributed by atoms with E-state index in [9.17, 15) is 0 Å². The molecule has 17 heavy (non-hydrogen) atoms. The van der Waals surface area contributed by atoms with Gasteiger partial charge in [0.25, 0.3) is 0 Å². The maximum absolute atomic E-state index is 5.66. The van der Waals surface area contributed by atoms with Gasteiger partial charge in [0.1, 0.15) is 0 Å². The molecule has 3 rings (SSSR count). The van der Waals surface area contributed by atoms with Gasteiger partial charge >= 0.3 is 0 Å². The highest BCUT2D eigenvalue weighted by molar-refractivity contribution is 5.03. The van der Waals surface area contributed by atoms with Gasteiger partial charge in [0.2, 0.25) is 0 Å². The highest BCUT2D eigenvalue weighted by atomic mass is 15.2. The van der Waals surface area contributed by atoms with Crippen LogP contribution >= 0.6 is 0 Å². The molecule has 2 fully saturated rings. The molecule has 0 radical (unpaired) electrons. The molecular weight excluding hydrogens is 212 g/mol. The summed E-state index contributed by atoms with van der Waals surface area (Å²) in [5.41, 5.74) is 3.87. The lowest BCUT2D eigenvalue weighted by molar-refractivity contribution is 0.278. The molecule has 3 N–H and O–H groups in total. The predicted molar refractivity (Wildman–Crippen MR) is 65.7 cm³/mol. The monoisotopic (exact) mass is 232 g/mol. The molecule has 4 nitrogen and oxygen atoms in total. The van der Waals surface area contributed by atoms with E-state index >= 15 is 0 Å². The topological polar surface area (TPSA) is 63.8 Å². The largest absolute Gasteiger partial charge is 0.271 e. The standard InChI is InChI=1S/C13H20N4/c14-17-12(13-8-15-3-4-16-13)7-11-6-9-1-2-10(11)5-9/h3-4,8-12,17H,1-2,5-7,14H2. The lowest BCUT2D eigenvalue weighted by Crippen LogP contribution is -2.31. The zero-order chi connectivity index (χ0) is 11.7. The molecule has 0 aliphatic heterocycles. The van der Waals surface area contributed by atoms with Crippen molar-refractivity contribution >= 4 is 0 Å². The van der Waals surface area contributed by atoms with Gasteiger partial charge in [-0.25, -0.2) is 0 Å². The summed E-state index contributed by atoms with van der Waals surface area (Å²) in [5.74, 6) is 8.42. The molecule has 0 amide bonds. The van der Waals surface area contributed by atoms with Crippen molar-refractivity contribution in [1.82, 2.24) is 15.4 Å². The van der Waals surface area contributed by atoms with Gasteiger partial charge in [0, 0.05) is 12.4 Å². The van der Waals surface area contributed by atoms with Gasteiger partial charge in [-0.15, -0.1) is 0 Å². The zero-order valence-corrected chi connectivity index (χ0v) is 10.0. The van der Waals surface area contributed by atoms with Gasteiger partial charge in [-0.3, -0.25) is 21.2 Å². The van der Waals surface area contributed by atoms with E-state index in [-0.39, 0.29) is 6.04 Å². The fourth-order valence-corrected chi connectivity index (χ4v) is 3.73. The van der Waals surface area contributed by atoms with Gasteiger partial charge in [0.05, 0.1) is 17.9 Å². The molecular formula is C13H20N4. The number of nitrogens with zero attached hydrogens (tertiary/aromatic N) is 2. The summed E-state index contributed by atoms with van der Waals surface area (Å²) >= 11 is 0. The van der Waals surface area contributed by atoms with Crippen LogP contribution in [0.25, 0.3) is 0 Å². The third-order valence-corrected chi connectivity index (χ3v) is 4.56. The smallest absolute Gasteiger partial charge is 0.0769 e. The van der Waals surface area contributed by atoms with Crippen molar-refractivity contribution in [2.75, 3.05) is 0 Å². The second-order valence-corrected chi connectivity index (χ2v) is 5.52. The number of nitrogens with two attached hydrogens (primary N) is 1. The first kappa shape index (κ1) is 11.1. The molecule has 1 aromatic rings. The van der Waals surface area contributed by atoms with E-state index in [1.807, 2.05) is 6.20 Å². The van der Waals surface area contributed by atoms with Crippen molar-refractivity contribution in [3.8, 4) is 0 Å². The molecule has 2 aliphatic carbocycles. The third kappa shape index (κ3) is 2.19. The maximum Gasteiger partial charge on any atom is 0.0769 e. The van der Waals surface area contributed by atoms with Crippen LogP contribution in [0, 0.1) is 17.8 Å². The van der Waals surface area contributed by atoms with Gasteiger partial charge in [-0.05, 0) is 43.4 Å². The van der Waals surface area contributed by atoms with E-state index in [4.69, 9.17) is 5.84 Å². The molecule has 1 heterocycles. The molecule has 4 atom stereocenters. The average molecular weight is 232 g/mol. The average Bonchev–Trinajstić information content (AvgIpc) is 2.99. The van der Waals surface area contributed by atoms with Gasteiger partial charge < -0.3 is 0 Å². The summed E-state index contributed by atoms with van der Waals surface area (Å²) in [6.45, 7) is 0. The molecule has 1 aromatic heterocycles. The Morgan fingerprint density at radius 3 is 2.88 bits per heavy atom. The van der Waals surface area contributed by atoms with Crippen molar-refractivity contribution in [2.45, 2.75) is 38.1 Å². The number of fused-ring (bicyclic) bond motifs is 2. The van der Waals surface area contributed by atoms with Gasteiger partial charge in [-0.2, -0.15) is 0 Å². The van der Waals surface area contributed by atoms with Crippen molar-refractivity contribution < 1.29 is 0 Å². The summed E-state index contributed by atoms with van der Waals surface area (Å²) in [6, 6.07) is 0.160. The Hall–Kier alpha value is -1.00. The number of aromatic nitrogens is 2. The number of nitrogens with one attached hydrogen (secondary N) is 1. The lowest BCUT2D eigenvalue weighted by Gasteiger charge is -2.25. The number of hydrogen-bond acceptors (Lipinski definition) is 4. The van der Waals surface area contributed by atoms with Gasteiger partial charge in [-0.1, -0.05) is 6.42 Å². The number of rotatable bonds is 4. The summed E-state index contributed by atoms with van der Waals surface area (Å²) in [7, 11) is 0. The highest BCUT2D eigenvalue weighted by Crippen LogP contribution is 2.50. The van der Waals surface area contributed by atoms with Crippen LogP contribution in [-0.2, 0) is 0 Å². The summed E-state index contributed by atoms with van der Waals surface area (Å²) in [4.78, 5) is 8.47. The fraction of sp³-hybridized carbons (Fsp3) is 0.692. The van der Waals surface area contributed by atoms with Crippen molar-refractivity contribution in [3.05, 3.63) is 24.3 Å². The molecule has 2 bridgehead atoms. The maximum atomic E-state index is 5.66. The second kappa shape index (κ2) is 4.70. The number of hydrogen-bond donors (Lipinski definition) is 2. The van der Waals surface area contributed by atoms with Crippen molar-refractivity contribution in [2.24, 2.45) is 23.6 Å². The fourth-order valence-electron chi connectivity index (χ4n) is 3.73. The lowest BCUT2D eigenvalue weighted by atomic mass is 9.84. The van der Waals surface area contributed by atoms with Crippen LogP contribution in [0.2, 0.25) is 0 Å². The minimum Gasteiger partial charge on any atom is -0.271 e. The molecule has 0 aromatic carbocycles. The molecule has 4 heteroatoms. The van der Waals surface area contributed by atoms with Crippen LogP contribution in [0.4, 0.5) is 0 Å². The Morgan fingerprint density at radius 1 is 1.35 bits per heavy atom. The summed E-state index contributed by atoms with van der Waals surface area (Å²) in [6.07, 6.45) is 12.1. The van der Waals surface area contributed by atoms with E-state index < -0.39 is 0 Å². The molecule has 0 saturated heterocycles. The van der Waals surface area contributed by atoms with Crippen LogP contribution in [0.15, 0.2) is 18.6 Å². The first-order valence-electron chi connectivity index (χ1n) is 6.59. The van der Waals surface area contributed by atoms with Crippen LogP contribution in [0.3, 0.4) is 0 Å². The Morgan fingerprint density at radius 2 is 2.29 bits per heavy atom. The highest BCUT2D eigenvalue weighted by Gasteiger charge is 2.40. The van der Waals surface area contributed by atoms with Crippen LogP contribution in [0.1, 0.15) is 43.8 Å². The normalized spacial score (nSPS) is 32.9. The van der Waals surface area contributed by atoms with Crippen molar-refractivity contribution in [1.29, 1.82) is 0 Å². The first-order chi connectivity index (χ1) is 8.36. The Balaban J connectivity index is 1.67. The number of hydrazine groups is 1. The molecule has 4 unspecified atom stereocenters. The molecule has 92 valence electrons. The van der Waals surface area contributed by atoms with Gasteiger partial charge in [0.15, 0.2) is 0 Å². The van der Waals surface area contributed by atoms with E-state index in [0.717, 1.165) is 29.9 Å². The third-order valence-electron chi connectivity index (χ3n) is 4.56. The summed E-state index contributed by atoms with van der Waals surface area (Å²) < 4.78 is 0. The molecule has 2 aliphatic rings. The zero-order valence-electron chi connectivity index (χ0n) is 10.0. The molecule has 2 saturated carbocycles. The first-order valence-corrected chi connectivity index (χ1v) is 6.59. The minimum atomic E-state index is 0.160. The van der Waals surface area contributed by atoms with Crippen molar-refractivity contribution in [3.63, 3.8) is 0 Å². The van der Waals surface area contributed by atoms with Crippen LogP contribution < -0.4 is 11.3 Å². The quantitative estimate of drug-likeness (QED) is 0.614. The van der Waals surface area contributed by atoms with Crippen LogP contribution in [-0.4, -0.2) is 9.97 Å². The Bertz CT molecular complexity index is 367. The van der Waals surface area contributed by atoms with E-state index in [2.05, 4.69) is 15.4 Å². The van der Waals surface area contributed by atoms with Crippen LogP contribution in [0.5, 0.6) is 0 Å².